The molecule has 1 unspecified atom stereocenters. The van der Waals surface area contributed by atoms with Crippen LogP contribution in [0.4, 0.5) is 0 Å². The number of benzene rings is 1. The fourth-order valence-corrected chi connectivity index (χ4v) is 8.79. The molecule has 0 aromatic heterocycles. The molecule has 6 aliphatic rings. The number of carbonyl (C=O) groups is 2. The zero-order valence-corrected chi connectivity index (χ0v) is 17.6. The predicted molar refractivity (Wildman–Crippen MR) is 107 cm³/mol. The van der Waals surface area contributed by atoms with Crippen molar-refractivity contribution in [2.45, 2.75) is 54.9 Å². The number of ether oxygens (including phenoxy) is 2. The van der Waals surface area contributed by atoms with Crippen LogP contribution in [0.5, 0.6) is 11.5 Å². The van der Waals surface area contributed by atoms with Crippen LogP contribution >= 0.6 is 21.6 Å². The maximum absolute atomic E-state index is 13.8. The number of rotatable bonds is 2. The highest BCUT2D eigenvalue weighted by molar-refractivity contribution is 8.78. The third-order valence-corrected chi connectivity index (χ3v) is 10.3. The van der Waals surface area contributed by atoms with Crippen LogP contribution in [-0.2, 0) is 9.59 Å². The molecule has 1 aromatic rings. The Labute approximate surface area is 176 Å². The average Bonchev–Trinajstić information content (AvgIpc) is 3.34. The molecule has 5 heterocycles. The molecular weight excluding hydrogens is 410 g/mol. The van der Waals surface area contributed by atoms with E-state index in [1.807, 2.05) is 36.9 Å². The van der Waals surface area contributed by atoms with E-state index < -0.39 is 21.2 Å². The summed E-state index contributed by atoms with van der Waals surface area (Å²) < 4.78 is 10.9. The number of amides is 2. The maximum atomic E-state index is 13.8. The Morgan fingerprint density at radius 3 is 2.59 bits per heavy atom. The highest BCUT2D eigenvalue weighted by Crippen LogP contribution is 2.70. The summed E-state index contributed by atoms with van der Waals surface area (Å²) in [6, 6.07) is 7.61. The summed E-state index contributed by atoms with van der Waals surface area (Å²) in [6.45, 7) is 3.87. The van der Waals surface area contributed by atoms with E-state index in [0.29, 0.717) is 17.9 Å². The molecule has 1 aliphatic carbocycles. The van der Waals surface area contributed by atoms with Gasteiger partial charge in [-0.05, 0) is 44.4 Å². The van der Waals surface area contributed by atoms with Crippen LogP contribution < -0.4 is 9.47 Å². The van der Waals surface area contributed by atoms with Gasteiger partial charge in [0.25, 0.3) is 11.8 Å². The van der Waals surface area contributed by atoms with Crippen LogP contribution in [0, 0.1) is 16.7 Å². The lowest BCUT2D eigenvalue weighted by Crippen LogP contribution is -2.75. The van der Waals surface area contributed by atoms with Gasteiger partial charge in [-0.2, -0.15) is 5.26 Å². The minimum absolute atomic E-state index is 0.0180. The highest BCUT2D eigenvalue weighted by atomic mass is 33.1. The van der Waals surface area contributed by atoms with E-state index >= 15 is 0 Å². The van der Waals surface area contributed by atoms with Crippen molar-refractivity contribution in [1.82, 2.24) is 9.80 Å². The largest absolute Gasteiger partial charge is 0.454 e. The van der Waals surface area contributed by atoms with Crippen molar-refractivity contribution in [2.24, 2.45) is 5.41 Å². The van der Waals surface area contributed by atoms with E-state index in [9.17, 15) is 14.9 Å². The molecule has 2 bridgehead atoms. The second-order valence-corrected chi connectivity index (χ2v) is 11.5. The van der Waals surface area contributed by atoms with Crippen molar-refractivity contribution in [1.29, 1.82) is 5.26 Å². The van der Waals surface area contributed by atoms with Crippen LogP contribution in [-0.4, -0.2) is 44.2 Å². The molecule has 0 radical (unpaired) electrons. The molecule has 0 N–H and O–H groups in total. The lowest BCUT2D eigenvalue weighted by Gasteiger charge is -2.58. The van der Waals surface area contributed by atoms with E-state index in [0.717, 1.165) is 18.4 Å². The Kier molecular flexibility index (Phi) is 3.28. The Hall–Kier alpha value is -2.05. The van der Waals surface area contributed by atoms with Crippen molar-refractivity contribution < 1.29 is 19.1 Å². The van der Waals surface area contributed by atoms with Crippen LogP contribution in [0.25, 0.3) is 0 Å². The second-order valence-electron chi connectivity index (χ2n) is 8.74. The molecule has 1 saturated carbocycles. The van der Waals surface area contributed by atoms with Crippen molar-refractivity contribution in [2.75, 3.05) is 6.79 Å². The standard InChI is InChI=1S/C20H19N3O4S2/c1-18(9-21)8-20-17(25)22(12-4-5-12)19(2,28-29-20)16(24)23(20)15(18)11-3-6-13-14(7-11)27-10-26-13/h3,6-7,12,15H,4-5,8,10H2,1-2H3/t15-,18+,19+,20?/m0/s1. The number of carbonyl (C=O) groups excluding carboxylic acids is 2. The maximum Gasteiger partial charge on any atom is 0.261 e. The van der Waals surface area contributed by atoms with E-state index in [2.05, 4.69) is 6.07 Å². The fourth-order valence-electron chi connectivity index (χ4n) is 5.22. The smallest absolute Gasteiger partial charge is 0.261 e. The van der Waals surface area contributed by atoms with Gasteiger partial charge < -0.3 is 19.3 Å². The summed E-state index contributed by atoms with van der Waals surface area (Å²) in [7, 11) is 2.93. The van der Waals surface area contributed by atoms with E-state index in [1.165, 1.54) is 21.6 Å². The Balaban J connectivity index is 1.53. The van der Waals surface area contributed by atoms with Crippen molar-refractivity contribution >= 4 is 33.4 Å². The molecule has 7 nitrogen and oxygen atoms in total. The molecule has 4 atom stereocenters. The molecule has 150 valence electrons. The third-order valence-electron chi connectivity index (χ3n) is 6.71. The van der Waals surface area contributed by atoms with Crippen LogP contribution in [0.2, 0.25) is 0 Å². The first-order valence-electron chi connectivity index (χ1n) is 9.69. The molecule has 1 spiro atoms. The Bertz CT molecular complexity index is 1020. The summed E-state index contributed by atoms with van der Waals surface area (Å²) >= 11 is 0. The van der Waals surface area contributed by atoms with Crippen molar-refractivity contribution in [3.63, 3.8) is 0 Å². The Morgan fingerprint density at radius 2 is 1.86 bits per heavy atom. The first-order valence-corrected chi connectivity index (χ1v) is 11.8. The van der Waals surface area contributed by atoms with Gasteiger partial charge in [0.05, 0.1) is 17.5 Å². The fraction of sp³-hybridized carbons (Fsp3) is 0.550. The second kappa shape index (κ2) is 5.35. The SMILES string of the molecule is C[C@]1(C#N)CC23SS[C@](C)(C(=O)N2[C@H]1c1ccc2c(c1)OCO2)N(C1CC1)C3=O. The zero-order valence-electron chi connectivity index (χ0n) is 16.0. The molecule has 5 fully saturated rings. The van der Waals surface area contributed by atoms with Gasteiger partial charge >= 0.3 is 0 Å². The van der Waals surface area contributed by atoms with Gasteiger partial charge in [0.15, 0.2) is 21.2 Å². The number of nitriles is 1. The van der Waals surface area contributed by atoms with Gasteiger partial charge in [-0.1, -0.05) is 27.7 Å². The molecule has 29 heavy (non-hydrogen) atoms. The number of piperazine rings is 1. The average molecular weight is 430 g/mol. The summed E-state index contributed by atoms with van der Waals surface area (Å²) in [6.07, 6.45) is 2.20. The molecule has 5 aliphatic heterocycles. The molecule has 7 rings (SSSR count). The third kappa shape index (κ3) is 2.01. The van der Waals surface area contributed by atoms with Gasteiger partial charge in [0.2, 0.25) is 6.79 Å². The lowest BCUT2D eigenvalue weighted by molar-refractivity contribution is -0.166. The number of hydrogen-bond acceptors (Lipinski definition) is 7. The lowest BCUT2D eigenvalue weighted by atomic mass is 9.79. The van der Waals surface area contributed by atoms with Gasteiger partial charge in [-0.3, -0.25) is 9.59 Å². The van der Waals surface area contributed by atoms with Crippen LogP contribution in [0.1, 0.15) is 44.7 Å². The van der Waals surface area contributed by atoms with Crippen LogP contribution in [0.15, 0.2) is 18.2 Å². The van der Waals surface area contributed by atoms with Gasteiger partial charge in [-0.25, -0.2) is 0 Å². The monoisotopic (exact) mass is 429 g/mol. The normalized spacial score (nSPS) is 39.7. The first kappa shape index (κ1) is 17.8. The highest BCUT2D eigenvalue weighted by Gasteiger charge is 2.76. The number of nitrogens with zero attached hydrogens (tertiary/aromatic N) is 3. The predicted octanol–water partition coefficient (Wildman–Crippen LogP) is 3.03. The summed E-state index contributed by atoms with van der Waals surface area (Å²) in [4.78, 5) is 29.1. The minimum Gasteiger partial charge on any atom is -0.454 e. The summed E-state index contributed by atoms with van der Waals surface area (Å²) in [5.41, 5.74) is -0.0896. The molecule has 2 amide bonds. The summed E-state index contributed by atoms with van der Waals surface area (Å²) in [5, 5.41) is 10.2. The minimum atomic E-state index is -1.03. The first-order chi connectivity index (χ1) is 13.8. The summed E-state index contributed by atoms with van der Waals surface area (Å²) in [5.74, 6) is 1.17. The van der Waals surface area contributed by atoms with Gasteiger partial charge in [0, 0.05) is 12.5 Å². The van der Waals surface area contributed by atoms with Gasteiger partial charge in [-0.15, -0.1) is 0 Å². The van der Waals surface area contributed by atoms with E-state index in [4.69, 9.17) is 9.47 Å². The quantitative estimate of drug-likeness (QED) is 0.668. The van der Waals surface area contributed by atoms with Crippen LogP contribution in [0.3, 0.4) is 0 Å². The number of hydrogen-bond donors (Lipinski definition) is 0. The molecular formula is C20H19N3O4S2. The van der Waals surface area contributed by atoms with Crippen molar-refractivity contribution in [3.8, 4) is 17.6 Å². The zero-order chi connectivity index (χ0) is 20.2. The molecule has 1 aromatic carbocycles. The van der Waals surface area contributed by atoms with E-state index in [1.54, 1.807) is 4.90 Å². The van der Waals surface area contributed by atoms with Crippen molar-refractivity contribution in [3.05, 3.63) is 23.8 Å². The topological polar surface area (TPSA) is 82.9 Å². The Morgan fingerprint density at radius 1 is 1.10 bits per heavy atom. The molecule has 4 saturated heterocycles. The number of fused-ring (bicyclic) bond motifs is 3. The van der Waals surface area contributed by atoms with Gasteiger partial charge in [0.1, 0.15) is 0 Å². The van der Waals surface area contributed by atoms with E-state index in [-0.39, 0.29) is 24.6 Å². The molecule has 9 heteroatoms.